The number of aromatic hydroxyl groups is 1. The van der Waals surface area contributed by atoms with E-state index >= 15 is 0 Å². The molecule has 5 rings (SSSR count). The quantitative estimate of drug-likeness (QED) is 0.254. The Morgan fingerprint density at radius 1 is 1.06 bits per heavy atom. The molecule has 3 amide bonds. The normalized spacial score (nSPS) is 17.5. The van der Waals surface area contributed by atoms with Gasteiger partial charge in [-0.15, -0.1) is 22.7 Å². The third-order valence-electron chi connectivity index (χ3n) is 4.97. The number of carbonyl (C=O) groups is 4. The summed E-state index contributed by atoms with van der Waals surface area (Å²) in [6, 6.07) is 12.9. The Morgan fingerprint density at radius 3 is 2.56 bits per heavy atom. The highest BCUT2D eigenvalue weighted by molar-refractivity contribution is 7.19. The molecule has 168 valence electrons. The Hall–Kier alpha value is -4.29. The van der Waals surface area contributed by atoms with Crippen molar-refractivity contribution in [1.29, 1.82) is 0 Å². The van der Waals surface area contributed by atoms with Crippen LogP contribution in [0.2, 0.25) is 0 Å². The molecule has 1 aliphatic rings. The number of nitrogens with one attached hydrogen (secondary N) is 1. The Kier molecular flexibility index (Phi) is 5.43. The summed E-state index contributed by atoms with van der Waals surface area (Å²) in [7, 11) is 0. The smallest absolute Gasteiger partial charge is 0.304 e. The number of phenols is 1. The van der Waals surface area contributed by atoms with Gasteiger partial charge < -0.3 is 5.11 Å². The van der Waals surface area contributed by atoms with Gasteiger partial charge in [-0.05, 0) is 24.3 Å². The topological polar surface area (TPSA) is 142 Å². The zero-order valence-corrected chi connectivity index (χ0v) is 18.7. The maximum Gasteiger partial charge on any atom is 0.304 e. The number of rotatable bonds is 4. The van der Waals surface area contributed by atoms with E-state index in [9.17, 15) is 24.3 Å². The van der Waals surface area contributed by atoms with Crippen molar-refractivity contribution in [2.45, 2.75) is 5.92 Å². The van der Waals surface area contributed by atoms with E-state index in [1.54, 1.807) is 41.8 Å². The summed E-state index contributed by atoms with van der Waals surface area (Å²) in [5, 5.41) is 15.6. The number of hydrogen-bond donors (Lipinski definition) is 2. The number of benzene rings is 2. The number of hydrazone groups is 1. The van der Waals surface area contributed by atoms with Crippen molar-refractivity contribution >= 4 is 67.2 Å². The Morgan fingerprint density at radius 2 is 1.82 bits per heavy atom. The van der Waals surface area contributed by atoms with Gasteiger partial charge in [-0.1, -0.05) is 24.3 Å². The molecule has 2 aromatic carbocycles. The SMILES string of the molecule is O=C(N/N=C1\C(=O)N(c2nccs2)C(=O)C(=O)C1c1nc2ccccc2s1)c1ccccc1O. The minimum atomic E-state index is -1.40. The van der Waals surface area contributed by atoms with E-state index in [1.165, 1.54) is 18.3 Å². The second kappa shape index (κ2) is 8.57. The predicted molar refractivity (Wildman–Crippen MR) is 125 cm³/mol. The molecule has 0 bridgehead atoms. The van der Waals surface area contributed by atoms with Crippen LogP contribution in [0.25, 0.3) is 10.2 Å². The fourth-order valence-electron chi connectivity index (χ4n) is 3.38. The minimum Gasteiger partial charge on any atom is -0.507 e. The van der Waals surface area contributed by atoms with Crippen molar-refractivity contribution in [2.24, 2.45) is 5.10 Å². The van der Waals surface area contributed by atoms with Gasteiger partial charge in [-0.3, -0.25) is 19.2 Å². The number of imide groups is 1. The number of anilines is 1. The van der Waals surface area contributed by atoms with Crippen molar-refractivity contribution in [2.75, 3.05) is 4.90 Å². The molecule has 0 radical (unpaired) electrons. The van der Waals surface area contributed by atoms with Gasteiger partial charge in [0, 0.05) is 11.6 Å². The van der Waals surface area contributed by atoms with Crippen LogP contribution < -0.4 is 10.3 Å². The van der Waals surface area contributed by atoms with E-state index in [-0.39, 0.29) is 27.2 Å². The number of aromatic nitrogens is 2. The molecule has 0 spiro atoms. The number of para-hydroxylation sites is 2. The third-order valence-corrected chi connectivity index (χ3v) is 6.82. The molecule has 34 heavy (non-hydrogen) atoms. The van der Waals surface area contributed by atoms with Gasteiger partial charge in [0.2, 0.25) is 5.78 Å². The Balaban J connectivity index is 1.59. The number of nitrogens with zero attached hydrogens (tertiary/aromatic N) is 4. The average molecular weight is 492 g/mol. The third kappa shape index (κ3) is 3.64. The van der Waals surface area contributed by atoms with Crippen molar-refractivity contribution in [3.63, 3.8) is 0 Å². The molecule has 0 aliphatic carbocycles. The van der Waals surface area contributed by atoms with E-state index < -0.39 is 29.4 Å². The van der Waals surface area contributed by atoms with Crippen LogP contribution in [0.4, 0.5) is 5.13 Å². The first-order valence-corrected chi connectivity index (χ1v) is 11.5. The molecule has 2 N–H and O–H groups in total. The van der Waals surface area contributed by atoms with Gasteiger partial charge in [-0.2, -0.15) is 5.10 Å². The van der Waals surface area contributed by atoms with Crippen molar-refractivity contribution in [3.8, 4) is 5.75 Å². The number of phenolic OH excluding ortho intramolecular Hbond substituents is 1. The van der Waals surface area contributed by atoms with Gasteiger partial charge in [0.1, 0.15) is 22.4 Å². The number of Topliss-reactive ketones (excluding diaryl/α,β-unsaturated/α-hetero) is 1. The molecule has 1 aliphatic heterocycles. The highest BCUT2D eigenvalue weighted by Crippen LogP contribution is 2.34. The van der Waals surface area contributed by atoms with Crippen LogP contribution in [0.5, 0.6) is 5.75 Å². The number of carbonyl (C=O) groups excluding carboxylic acids is 4. The maximum absolute atomic E-state index is 13.4. The number of fused-ring (bicyclic) bond motifs is 1. The van der Waals surface area contributed by atoms with E-state index in [1.807, 2.05) is 0 Å². The van der Waals surface area contributed by atoms with Crippen LogP contribution in [0, 0.1) is 0 Å². The van der Waals surface area contributed by atoms with E-state index in [2.05, 4.69) is 20.5 Å². The summed E-state index contributed by atoms with van der Waals surface area (Å²) >= 11 is 2.14. The standard InChI is InChI=1S/C22H13N5O5S2/c28-13-7-3-1-5-11(13)18(30)26-25-16-15(19-24-12-6-2-4-8-14(12)34-19)17(29)21(32)27(20(16)31)22-23-9-10-33-22/h1-10,15,28H,(H,26,30)/b25-16-. The second-order valence-corrected chi connectivity index (χ2v) is 8.97. The molecule has 4 aromatic rings. The molecule has 12 heteroatoms. The summed E-state index contributed by atoms with van der Waals surface area (Å²) in [6.45, 7) is 0. The predicted octanol–water partition coefficient (Wildman–Crippen LogP) is 2.47. The highest BCUT2D eigenvalue weighted by atomic mass is 32.1. The highest BCUT2D eigenvalue weighted by Gasteiger charge is 2.49. The van der Waals surface area contributed by atoms with Gasteiger partial charge in [-0.25, -0.2) is 20.3 Å². The summed E-state index contributed by atoms with van der Waals surface area (Å²) in [6.07, 6.45) is 1.39. The molecule has 1 atom stereocenters. The van der Waals surface area contributed by atoms with Gasteiger partial charge in [0.15, 0.2) is 5.13 Å². The maximum atomic E-state index is 13.4. The van der Waals surface area contributed by atoms with Crippen LogP contribution in [-0.2, 0) is 14.4 Å². The molecule has 0 saturated carbocycles. The lowest BCUT2D eigenvalue weighted by atomic mass is 9.92. The summed E-state index contributed by atoms with van der Waals surface area (Å²) in [5.41, 5.74) is 2.34. The summed E-state index contributed by atoms with van der Waals surface area (Å²) in [5.74, 6) is -5.38. The van der Waals surface area contributed by atoms with Gasteiger partial charge >= 0.3 is 5.91 Å². The lowest BCUT2D eigenvalue weighted by molar-refractivity contribution is -0.139. The molecule has 1 fully saturated rings. The average Bonchev–Trinajstić information content (AvgIpc) is 3.51. The number of hydrogen-bond acceptors (Lipinski definition) is 10. The Bertz CT molecular complexity index is 1460. The number of amides is 3. The van der Waals surface area contributed by atoms with Crippen molar-refractivity contribution in [3.05, 3.63) is 70.7 Å². The van der Waals surface area contributed by atoms with Crippen LogP contribution in [0.15, 0.2) is 65.2 Å². The second-order valence-electron chi connectivity index (χ2n) is 7.03. The van der Waals surface area contributed by atoms with Crippen LogP contribution in [0.1, 0.15) is 21.3 Å². The van der Waals surface area contributed by atoms with Gasteiger partial charge in [0.25, 0.3) is 11.8 Å². The zero-order chi connectivity index (χ0) is 23.8. The van der Waals surface area contributed by atoms with Crippen LogP contribution >= 0.6 is 22.7 Å². The largest absolute Gasteiger partial charge is 0.507 e. The molecule has 3 heterocycles. The number of thiazole rings is 2. The molecule has 10 nitrogen and oxygen atoms in total. The number of piperidine rings is 1. The van der Waals surface area contributed by atoms with Crippen molar-refractivity contribution in [1.82, 2.24) is 15.4 Å². The van der Waals surface area contributed by atoms with Crippen LogP contribution in [-0.4, -0.2) is 44.3 Å². The lowest BCUT2D eigenvalue weighted by Gasteiger charge is -2.27. The van der Waals surface area contributed by atoms with E-state index in [0.717, 1.165) is 27.4 Å². The van der Waals surface area contributed by atoms with Crippen molar-refractivity contribution < 1.29 is 24.3 Å². The molecular weight excluding hydrogens is 478 g/mol. The minimum absolute atomic E-state index is 0.00540. The first kappa shape index (κ1) is 21.6. The molecule has 2 aromatic heterocycles. The molecule has 1 saturated heterocycles. The van der Waals surface area contributed by atoms with Gasteiger partial charge in [0.05, 0.1) is 15.8 Å². The van der Waals surface area contributed by atoms with E-state index in [4.69, 9.17) is 0 Å². The zero-order valence-electron chi connectivity index (χ0n) is 17.0. The fraction of sp³-hybridized carbons (Fsp3) is 0.0455. The number of ketones is 1. The first-order chi connectivity index (χ1) is 16.5. The van der Waals surface area contributed by atoms with E-state index in [0.29, 0.717) is 10.4 Å². The molecule has 1 unspecified atom stereocenters. The summed E-state index contributed by atoms with van der Waals surface area (Å²) in [4.78, 5) is 61.1. The molecular formula is C22H13N5O5S2. The fourth-order valence-corrected chi connectivity index (χ4v) is 5.09. The van der Waals surface area contributed by atoms with Crippen LogP contribution in [0.3, 0.4) is 0 Å². The Labute approximate surface area is 199 Å². The first-order valence-electron chi connectivity index (χ1n) is 9.79. The monoisotopic (exact) mass is 491 g/mol. The summed E-state index contributed by atoms with van der Waals surface area (Å²) < 4.78 is 0.755. The lowest BCUT2D eigenvalue weighted by Crippen LogP contribution is -2.55.